The minimum Gasteiger partial charge on any atom is -0.462 e. The number of ether oxygens (including phenoxy) is 1. The van der Waals surface area contributed by atoms with E-state index in [1.54, 1.807) is 31.2 Å². The van der Waals surface area contributed by atoms with Crippen molar-refractivity contribution >= 4 is 34.7 Å². The zero-order valence-electron chi connectivity index (χ0n) is 16.8. The summed E-state index contributed by atoms with van der Waals surface area (Å²) in [7, 11) is 0. The molecule has 2 aromatic heterocycles. The molecular formula is C21H23N3O5. The fraction of sp³-hybridized carbons (Fsp3) is 0.286. The Hall–Kier alpha value is -3.55. The molecule has 2 heterocycles. The van der Waals surface area contributed by atoms with Gasteiger partial charge in [-0.15, -0.1) is 0 Å². The fourth-order valence-corrected chi connectivity index (χ4v) is 3.42. The molecule has 0 bridgehead atoms. The SMILES string of the molecule is CCOC(=O)c1c(/C=C/C(=O)Nc2ccc3oc(=O)[nH]c3c2)c(C)n(CC)c1C. The number of carbonyl (C=O) groups excluding carboxylic acids is 2. The molecule has 0 saturated carbocycles. The first-order valence-electron chi connectivity index (χ1n) is 9.34. The highest BCUT2D eigenvalue weighted by atomic mass is 16.5. The Labute approximate surface area is 167 Å². The number of hydrogen-bond acceptors (Lipinski definition) is 5. The van der Waals surface area contributed by atoms with Crippen molar-refractivity contribution in [3.05, 3.63) is 57.3 Å². The van der Waals surface area contributed by atoms with Crippen LogP contribution in [0.2, 0.25) is 0 Å². The highest BCUT2D eigenvalue weighted by Crippen LogP contribution is 2.25. The molecule has 0 saturated heterocycles. The van der Waals surface area contributed by atoms with E-state index < -0.39 is 11.7 Å². The number of nitrogens with zero attached hydrogens (tertiary/aromatic N) is 1. The molecule has 0 unspecified atom stereocenters. The number of carbonyl (C=O) groups is 2. The fourth-order valence-electron chi connectivity index (χ4n) is 3.42. The lowest BCUT2D eigenvalue weighted by Crippen LogP contribution is -2.09. The van der Waals surface area contributed by atoms with E-state index in [4.69, 9.17) is 9.15 Å². The largest absolute Gasteiger partial charge is 0.462 e. The van der Waals surface area contributed by atoms with Crippen LogP contribution in [0.15, 0.2) is 33.5 Å². The standard InChI is InChI=1S/C21H23N3O5/c1-5-24-12(3)15(19(13(24)4)20(26)28-6-2)8-10-18(25)22-14-7-9-17-16(11-14)23-21(27)29-17/h7-11H,5-6H2,1-4H3,(H,22,25)(H,23,27)/b10-8+. The first-order valence-corrected chi connectivity index (χ1v) is 9.34. The molecule has 3 rings (SSSR count). The van der Waals surface area contributed by atoms with Crippen molar-refractivity contribution in [1.82, 2.24) is 9.55 Å². The van der Waals surface area contributed by atoms with E-state index in [9.17, 15) is 14.4 Å². The van der Waals surface area contributed by atoms with Gasteiger partial charge in [-0.1, -0.05) is 0 Å². The number of esters is 1. The minimum atomic E-state index is -0.554. The summed E-state index contributed by atoms with van der Waals surface area (Å²) < 4.78 is 12.1. The quantitative estimate of drug-likeness (QED) is 0.490. The lowest BCUT2D eigenvalue weighted by atomic mass is 10.1. The van der Waals surface area contributed by atoms with Crippen LogP contribution < -0.4 is 11.1 Å². The third-order valence-corrected chi connectivity index (χ3v) is 4.71. The molecule has 8 heteroatoms. The van der Waals surface area contributed by atoms with Gasteiger partial charge in [-0.2, -0.15) is 0 Å². The molecule has 0 atom stereocenters. The van der Waals surface area contributed by atoms with Crippen molar-refractivity contribution < 1.29 is 18.7 Å². The van der Waals surface area contributed by atoms with Gasteiger partial charge < -0.3 is 19.0 Å². The maximum Gasteiger partial charge on any atom is 0.417 e. The number of nitrogens with one attached hydrogen (secondary N) is 2. The van der Waals surface area contributed by atoms with Crippen molar-refractivity contribution in [2.45, 2.75) is 34.2 Å². The summed E-state index contributed by atoms with van der Waals surface area (Å²) in [6, 6.07) is 4.84. The van der Waals surface area contributed by atoms with Crippen molar-refractivity contribution in [1.29, 1.82) is 0 Å². The zero-order valence-corrected chi connectivity index (χ0v) is 16.8. The number of fused-ring (bicyclic) bond motifs is 1. The van der Waals surface area contributed by atoms with Crippen LogP contribution >= 0.6 is 0 Å². The van der Waals surface area contributed by atoms with Gasteiger partial charge in [-0.25, -0.2) is 9.59 Å². The smallest absolute Gasteiger partial charge is 0.417 e. The second-order valence-electron chi connectivity index (χ2n) is 6.47. The number of aromatic nitrogens is 2. The van der Waals surface area contributed by atoms with Crippen LogP contribution in [-0.4, -0.2) is 28.0 Å². The van der Waals surface area contributed by atoms with Gasteiger partial charge in [0.05, 0.1) is 17.7 Å². The molecule has 1 aromatic carbocycles. The number of hydrogen-bond donors (Lipinski definition) is 2. The van der Waals surface area contributed by atoms with Gasteiger partial charge in [-0.05, 0) is 52.0 Å². The Balaban J connectivity index is 1.86. The maximum absolute atomic E-state index is 12.4. The number of oxazole rings is 1. The highest BCUT2D eigenvalue weighted by Gasteiger charge is 2.22. The normalized spacial score (nSPS) is 11.3. The molecule has 0 aliphatic rings. The predicted octanol–water partition coefficient (Wildman–Crippen LogP) is 3.39. The number of H-pyrrole nitrogens is 1. The van der Waals surface area contributed by atoms with Crippen LogP contribution in [-0.2, 0) is 16.1 Å². The van der Waals surface area contributed by atoms with Gasteiger partial charge >= 0.3 is 11.7 Å². The van der Waals surface area contributed by atoms with Gasteiger partial charge in [-0.3, -0.25) is 9.78 Å². The Morgan fingerprint density at radius 2 is 2.00 bits per heavy atom. The van der Waals surface area contributed by atoms with Gasteiger partial charge in [0.15, 0.2) is 5.58 Å². The molecule has 1 amide bonds. The van der Waals surface area contributed by atoms with Crippen molar-refractivity contribution in [2.75, 3.05) is 11.9 Å². The first-order chi connectivity index (χ1) is 13.8. The van der Waals surface area contributed by atoms with Crippen molar-refractivity contribution in [2.24, 2.45) is 0 Å². The van der Waals surface area contributed by atoms with E-state index in [0.717, 1.165) is 11.4 Å². The molecule has 0 aliphatic carbocycles. The van der Waals surface area contributed by atoms with Crippen LogP contribution in [0.25, 0.3) is 17.2 Å². The molecule has 0 radical (unpaired) electrons. The number of benzene rings is 1. The molecule has 0 aliphatic heterocycles. The van der Waals surface area contributed by atoms with Gasteiger partial charge in [0.25, 0.3) is 0 Å². The van der Waals surface area contributed by atoms with E-state index in [-0.39, 0.29) is 12.5 Å². The Morgan fingerprint density at radius 1 is 1.24 bits per heavy atom. The lowest BCUT2D eigenvalue weighted by Gasteiger charge is -2.05. The molecular weight excluding hydrogens is 374 g/mol. The summed E-state index contributed by atoms with van der Waals surface area (Å²) in [6.07, 6.45) is 2.99. The van der Waals surface area contributed by atoms with E-state index >= 15 is 0 Å². The van der Waals surface area contributed by atoms with E-state index in [1.807, 2.05) is 25.3 Å². The summed E-state index contributed by atoms with van der Waals surface area (Å²) in [4.78, 5) is 38.6. The van der Waals surface area contributed by atoms with E-state index in [0.29, 0.717) is 34.5 Å². The molecule has 3 aromatic rings. The number of amides is 1. The highest BCUT2D eigenvalue weighted by molar-refractivity contribution is 6.04. The second kappa shape index (κ2) is 8.22. The van der Waals surface area contributed by atoms with Crippen molar-refractivity contribution in [3.8, 4) is 0 Å². The molecule has 152 valence electrons. The van der Waals surface area contributed by atoms with Crippen LogP contribution in [0, 0.1) is 13.8 Å². The second-order valence-corrected chi connectivity index (χ2v) is 6.47. The van der Waals surface area contributed by atoms with Crippen LogP contribution in [0.3, 0.4) is 0 Å². The average molecular weight is 397 g/mol. The van der Waals surface area contributed by atoms with Crippen LogP contribution in [0.1, 0.15) is 41.2 Å². The summed E-state index contributed by atoms with van der Waals surface area (Å²) in [5, 5.41) is 2.73. The summed E-state index contributed by atoms with van der Waals surface area (Å²) >= 11 is 0. The summed E-state index contributed by atoms with van der Waals surface area (Å²) in [5.74, 6) is -1.33. The topological polar surface area (TPSA) is 106 Å². The van der Waals surface area contributed by atoms with E-state index in [1.165, 1.54) is 6.08 Å². The molecule has 0 fully saturated rings. The van der Waals surface area contributed by atoms with Crippen LogP contribution in [0.5, 0.6) is 0 Å². The lowest BCUT2D eigenvalue weighted by molar-refractivity contribution is -0.111. The van der Waals surface area contributed by atoms with E-state index in [2.05, 4.69) is 10.3 Å². The minimum absolute atomic E-state index is 0.275. The Morgan fingerprint density at radius 3 is 2.69 bits per heavy atom. The molecule has 29 heavy (non-hydrogen) atoms. The molecule has 8 nitrogen and oxygen atoms in total. The Bertz CT molecular complexity index is 1160. The van der Waals surface area contributed by atoms with Gasteiger partial charge in [0, 0.05) is 35.3 Å². The Kier molecular flexibility index (Phi) is 5.72. The van der Waals surface area contributed by atoms with Gasteiger partial charge in [0.1, 0.15) is 0 Å². The third kappa shape index (κ3) is 4.01. The number of rotatable bonds is 6. The van der Waals surface area contributed by atoms with Crippen molar-refractivity contribution in [3.63, 3.8) is 0 Å². The summed E-state index contributed by atoms with van der Waals surface area (Å²) in [6.45, 7) is 8.49. The predicted molar refractivity (Wildman–Crippen MR) is 110 cm³/mol. The average Bonchev–Trinajstić information content (AvgIpc) is 3.15. The maximum atomic E-state index is 12.4. The van der Waals surface area contributed by atoms with Crippen LogP contribution in [0.4, 0.5) is 5.69 Å². The van der Waals surface area contributed by atoms with Gasteiger partial charge in [0.2, 0.25) is 5.91 Å². The molecule has 2 N–H and O–H groups in total. The first kappa shape index (κ1) is 20.2. The monoisotopic (exact) mass is 397 g/mol. The molecule has 0 spiro atoms. The zero-order chi connectivity index (χ0) is 21.1. The summed E-state index contributed by atoms with van der Waals surface area (Å²) in [5.41, 5.74) is 4.23. The number of anilines is 1. The third-order valence-electron chi connectivity index (χ3n) is 4.71. The number of aromatic amines is 1.